The average Bonchev–Trinajstić information content (AvgIpc) is 1.71. The summed E-state index contributed by atoms with van der Waals surface area (Å²) in [5.41, 5.74) is 9.03. The van der Waals surface area contributed by atoms with Crippen LogP contribution in [0.4, 0.5) is 0 Å². The fraction of sp³-hybridized carbons (Fsp3) is 0.606. The van der Waals surface area contributed by atoms with Crippen LogP contribution in [0.1, 0.15) is 192 Å². The molecule has 1 amide bonds. The number of carboxylic acid groups (broad SMARTS) is 2. The summed E-state index contributed by atoms with van der Waals surface area (Å²) in [6, 6.07) is 19.3. The number of esters is 6. The Balaban J connectivity index is 0.000000174. The van der Waals surface area contributed by atoms with E-state index in [4.69, 9.17) is 48.7 Å². The van der Waals surface area contributed by atoms with Gasteiger partial charge in [-0.05, 0) is 152 Å². The number of nitrogens with two attached hydrogens (primary N) is 1. The number of Topliss-reactive ketones (excluding diaryl/α,β-unsaturated/α-hetero) is 1. The van der Waals surface area contributed by atoms with Gasteiger partial charge in [-0.1, -0.05) is 76.6 Å². The number of alkyl halides is 1. The third-order valence-electron chi connectivity index (χ3n) is 19.5. The number of aromatic nitrogens is 2. The Morgan fingerprint density at radius 2 is 0.779 bits per heavy atom. The highest BCUT2D eigenvalue weighted by atomic mass is 79.9. The van der Waals surface area contributed by atoms with Crippen molar-refractivity contribution in [2.45, 2.75) is 190 Å². The number of oxazole rings is 2. The number of aliphatic carboxylic acids is 2. The Hall–Kier alpha value is -7.76. The average molecular weight is 1390 g/mol. The number of hydrogen-bond donors (Lipinski definition) is 3. The van der Waals surface area contributed by atoms with Crippen LogP contribution >= 0.6 is 15.9 Å². The number of benzene rings is 2. The van der Waals surface area contributed by atoms with Gasteiger partial charge in [0.05, 0.1) is 92.0 Å². The van der Waals surface area contributed by atoms with E-state index in [-0.39, 0.29) is 117 Å². The smallest absolute Gasteiger partial charge is 0.309 e. The van der Waals surface area contributed by atoms with E-state index >= 15 is 0 Å². The molecule has 2 heterocycles. The number of methoxy groups -OCH3 is 4. The maximum Gasteiger partial charge on any atom is 0.309 e. The Morgan fingerprint density at radius 1 is 0.442 bits per heavy atom. The number of ether oxygens (including phenoxy) is 6. The quantitative estimate of drug-likeness (QED) is 0.0565. The largest absolute Gasteiger partial charge is 0.481 e. The molecule has 0 radical (unpaired) electrons. The topological polar surface area (TPSA) is 345 Å². The normalized spacial score (nSPS) is 25.9. The summed E-state index contributed by atoms with van der Waals surface area (Å²) in [6.07, 6.45) is 17.4. The molecule has 4 N–H and O–H groups in total. The second-order valence-corrected chi connectivity index (χ2v) is 26.8. The fourth-order valence-corrected chi connectivity index (χ4v) is 14.1. The second-order valence-electron chi connectivity index (χ2n) is 25.7. The van der Waals surface area contributed by atoms with Crippen molar-refractivity contribution in [2.75, 3.05) is 28.4 Å². The number of carbonyl (C=O) groups excluding carboxylic acids is 8. The standard InChI is InChI=1S/C23H27NO5.C16H21NO5.C14H15BrO3.C9H15NO3.C9H14O4/c1-27-22(25)17-9-7-16(8-10-17)21-24-19-12-11-18(13-20(19)29-21)23(26)28-14-15-5-3-2-4-6-15;1-21-16(20)10-4-2-9(3-5-10)14-17-12-7-6-11(15(18)19)8-13(12)22-14;15-12-8-11(6-7-13(12)16)14(17)18-9-10-4-2-1-3-5-10;2*1-13-9(12)7-4-2-6(3-5-7)8(10)11/h2-6,16-18H,7-14H2,1H3;9-11H,2-8H2,1H3,(H,18,19);1-5,11-12H,6-9H2;6-7H,2-5H2,1H3,(H2,10,11);6-7H,2-5H2,1H3,(H,10,11). The minimum absolute atomic E-state index is 0.00963. The number of amides is 1. The first-order valence-electron chi connectivity index (χ1n) is 33.3. The van der Waals surface area contributed by atoms with E-state index in [0.29, 0.717) is 83.8 Å². The first-order chi connectivity index (χ1) is 45.7. The maximum atomic E-state index is 12.5. The molecule has 4 atom stereocenters. The summed E-state index contributed by atoms with van der Waals surface area (Å²) in [7, 11) is 5.63. The van der Waals surface area contributed by atoms with Gasteiger partial charge in [0.25, 0.3) is 0 Å². The first kappa shape index (κ1) is 74.6. The van der Waals surface area contributed by atoms with E-state index in [9.17, 15) is 47.9 Å². The number of carboxylic acids is 2. The molecule has 7 aliphatic carbocycles. The zero-order valence-corrected chi connectivity index (χ0v) is 56.5. The number of rotatable bonds is 15. The molecule has 11 rings (SSSR count). The number of primary amides is 1. The van der Waals surface area contributed by atoms with Gasteiger partial charge in [-0.25, -0.2) is 9.97 Å². The monoisotopic (exact) mass is 1390 g/mol. The van der Waals surface area contributed by atoms with Crippen molar-refractivity contribution in [1.82, 2.24) is 9.97 Å². The fourth-order valence-electron chi connectivity index (χ4n) is 13.4. The third kappa shape index (κ3) is 22.4. The van der Waals surface area contributed by atoms with Gasteiger partial charge in [0.1, 0.15) is 30.5 Å². The molecule has 23 nitrogen and oxygen atoms in total. The van der Waals surface area contributed by atoms with Crippen LogP contribution < -0.4 is 5.73 Å². The Bertz CT molecular complexity index is 3140. The molecule has 2 aromatic carbocycles. The van der Waals surface area contributed by atoms with Crippen LogP contribution in [0.2, 0.25) is 0 Å². The number of aryl methyl sites for hydroxylation is 2. The number of fused-ring (bicyclic) bond motifs is 2. The van der Waals surface area contributed by atoms with Gasteiger partial charge in [0, 0.05) is 37.0 Å². The van der Waals surface area contributed by atoms with Crippen molar-refractivity contribution < 1.29 is 95.4 Å². The Morgan fingerprint density at radius 3 is 1.15 bits per heavy atom. The molecule has 0 aliphatic heterocycles. The molecule has 0 spiro atoms. The molecule has 518 valence electrons. The molecule has 2 aromatic heterocycles. The SMILES string of the molecule is COC(=O)C1CCC(C(=O)O)CC1.COC(=O)C1CCC(C(N)=O)CC1.COC(=O)C1CCC(c2nc3c(o2)CC(C(=O)O)CC3)CC1.COC(=O)C1CCC(c2nc3c(o2)CC(C(=O)OCc2ccccc2)CC3)CC1.O=C1CCC(C(=O)OCc2ccccc2)CC1Br. The van der Waals surface area contributed by atoms with Crippen LogP contribution in [0.25, 0.3) is 0 Å². The molecule has 95 heavy (non-hydrogen) atoms. The Kier molecular flexibility index (Phi) is 29.5. The van der Waals surface area contributed by atoms with Crippen molar-refractivity contribution in [1.29, 1.82) is 0 Å². The van der Waals surface area contributed by atoms with Crippen LogP contribution in [0, 0.1) is 53.3 Å². The lowest BCUT2D eigenvalue weighted by Crippen LogP contribution is -2.30. The zero-order valence-electron chi connectivity index (χ0n) is 54.9. The van der Waals surface area contributed by atoms with Gasteiger partial charge in [-0.3, -0.25) is 47.9 Å². The molecular weight excluding hydrogens is 1290 g/mol. The number of hydrogen-bond acceptors (Lipinski definition) is 20. The van der Waals surface area contributed by atoms with Crippen LogP contribution in [-0.2, 0) is 115 Å². The predicted octanol–water partition coefficient (Wildman–Crippen LogP) is 10.6. The molecule has 4 aromatic rings. The van der Waals surface area contributed by atoms with Crippen LogP contribution in [-0.4, -0.2) is 113 Å². The summed E-state index contributed by atoms with van der Waals surface area (Å²) >= 11 is 3.30. The molecule has 0 bridgehead atoms. The zero-order chi connectivity index (χ0) is 68.6. The highest BCUT2D eigenvalue weighted by Gasteiger charge is 2.38. The Labute approximate surface area is 562 Å². The molecular formula is C71H92BrN3O20. The van der Waals surface area contributed by atoms with Crippen molar-refractivity contribution in [2.24, 2.45) is 59.0 Å². The summed E-state index contributed by atoms with van der Waals surface area (Å²) < 4.78 is 41.6. The minimum atomic E-state index is -0.762. The van der Waals surface area contributed by atoms with Crippen molar-refractivity contribution in [3.8, 4) is 0 Å². The van der Waals surface area contributed by atoms with E-state index in [1.165, 1.54) is 28.4 Å². The van der Waals surface area contributed by atoms with Crippen LogP contribution in [0.15, 0.2) is 69.5 Å². The number of halogens is 1. The lowest BCUT2D eigenvalue weighted by atomic mass is 9.82. The molecule has 7 aliphatic rings. The molecule has 5 saturated carbocycles. The van der Waals surface area contributed by atoms with E-state index in [1.807, 2.05) is 60.7 Å². The van der Waals surface area contributed by atoms with Crippen molar-refractivity contribution in [3.05, 3.63) is 106 Å². The van der Waals surface area contributed by atoms with Gasteiger partial charge >= 0.3 is 47.8 Å². The lowest BCUT2D eigenvalue weighted by Gasteiger charge is -2.24. The summed E-state index contributed by atoms with van der Waals surface area (Å²) in [4.78, 5) is 123. The first-order valence-corrected chi connectivity index (χ1v) is 34.2. The molecule has 24 heteroatoms. The highest BCUT2D eigenvalue weighted by Crippen LogP contribution is 2.40. The van der Waals surface area contributed by atoms with Gasteiger partial charge in [0.15, 0.2) is 11.8 Å². The molecule has 0 saturated heterocycles. The van der Waals surface area contributed by atoms with E-state index < -0.39 is 11.9 Å². The lowest BCUT2D eigenvalue weighted by molar-refractivity contribution is -0.152. The minimum Gasteiger partial charge on any atom is -0.481 e. The molecule has 4 unspecified atom stereocenters. The van der Waals surface area contributed by atoms with Gasteiger partial charge < -0.3 is 53.2 Å². The number of carbonyl (C=O) groups is 10. The van der Waals surface area contributed by atoms with E-state index in [2.05, 4.69) is 30.4 Å². The van der Waals surface area contributed by atoms with Gasteiger partial charge in [0.2, 0.25) is 5.91 Å². The second kappa shape index (κ2) is 37.5. The summed E-state index contributed by atoms with van der Waals surface area (Å²) in [6.45, 7) is 0.602. The van der Waals surface area contributed by atoms with Gasteiger partial charge in [-0.15, -0.1) is 0 Å². The number of ketones is 1. The van der Waals surface area contributed by atoms with Crippen LogP contribution in [0.3, 0.4) is 0 Å². The third-order valence-corrected chi connectivity index (χ3v) is 20.3. The maximum absolute atomic E-state index is 12.5. The molecule has 5 fully saturated rings. The highest BCUT2D eigenvalue weighted by molar-refractivity contribution is 9.10. The number of nitrogens with zero attached hydrogens (tertiary/aromatic N) is 2. The van der Waals surface area contributed by atoms with E-state index in [1.54, 1.807) is 0 Å². The van der Waals surface area contributed by atoms with Crippen molar-refractivity contribution in [3.63, 3.8) is 0 Å². The van der Waals surface area contributed by atoms with Crippen molar-refractivity contribution >= 4 is 75.4 Å². The van der Waals surface area contributed by atoms with E-state index in [0.717, 1.165) is 136 Å². The van der Waals surface area contributed by atoms with Gasteiger partial charge in [-0.2, -0.15) is 0 Å². The summed E-state index contributed by atoms with van der Waals surface area (Å²) in [5, 5.41) is 17.8. The predicted molar refractivity (Wildman–Crippen MR) is 344 cm³/mol. The van der Waals surface area contributed by atoms with Crippen LogP contribution in [0.5, 0.6) is 0 Å². The summed E-state index contributed by atoms with van der Waals surface area (Å²) in [5.74, 6) is -0.172.